The number of hydrogen-bond donors (Lipinski definition) is 1. The van der Waals surface area contributed by atoms with Gasteiger partial charge in [0.1, 0.15) is 5.56 Å². The summed E-state index contributed by atoms with van der Waals surface area (Å²) in [7, 11) is 1.68. The van der Waals surface area contributed by atoms with Crippen molar-refractivity contribution in [3.05, 3.63) is 85.7 Å². The highest BCUT2D eigenvalue weighted by molar-refractivity contribution is 7.07. The quantitative estimate of drug-likeness (QED) is 0.753. The summed E-state index contributed by atoms with van der Waals surface area (Å²) in [5, 5.41) is 7.07. The zero-order valence-electron chi connectivity index (χ0n) is 15.0. The molecular formula is C20H21N3O2S. The average molecular weight is 367 g/mol. The van der Waals surface area contributed by atoms with Crippen LogP contribution in [0.5, 0.6) is 0 Å². The summed E-state index contributed by atoms with van der Waals surface area (Å²) >= 11 is 1.61. The molecule has 0 aliphatic carbocycles. The van der Waals surface area contributed by atoms with E-state index in [-0.39, 0.29) is 23.1 Å². The normalized spacial score (nSPS) is 12.0. The van der Waals surface area contributed by atoms with Crippen molar-refractivity contribution in [2.24, 2.45) is 7.05 Å². The third-order valence-corrected chi connectivity index (χ3v) is 5.20. The predicted molar refractivity (Wildman–Crippen MR) is 104 cm³/mol. The maximum Gasteiger partial charge on any atom is 0.263 e. The summed E-state index contributed by atoms with van der Waals surface area (Å²) in [4.78, 5) is 29.9. The number of nitrogens with one attached hydrogen (secondary N) is 1. The molecule has 0 bridgehead atoms. The zero-order chi connectivity index (χ0) is 18.7. The van der Waals surface area contributed by atoms with Gasteiger partial charge in [0.15, 0.2) is 0 Å². The molecular weight excluding hydrogens is 346 g/mol. The topological polar surface area (TPSA) is 64.0 Å². The number of aromatic nitrogens is 2. The molecule has 1 amide bonds. The van der Waals surface area contributed by atoms with Gasteiger partial charge in [-0.3, -0.25) is 14.6 Å². The van der Waals surface area contributed by atoms with Crippen LogP contribution in [-0.4, -0.2) is 15.5 Å². The Kier molecular flexibility index (Phi) is 5.32. The van der Waals surface area contributed by atoms with Crippen LogP contribution >= 0.6 is 11.3 Å². The van der Waals surface area contributed by atoms with Gasteiger partial charge >= 0.3 is 0 Å². The molecule has 3 rings (SSSR count). The fraction of sp³-hybridized carbons (Fsp3) is 0.250. The molecule has 0 fully saturated rings. The third kappa shape index (κ3) is 3.75. The van der Waals surface area contributed by atoms with Gasteiger partial charge in [-0.1, -0.05) is 6.07 Å². The molecule has 3 aromatic heterocycles. The van der Waals surface area contributed by atoms with E-state index in [0.29, 0.717) is 12.0 Å². The van der Waals surface area contributed by atoms with Crippen LogP contribution in [0.4, 0.5) is 0 Å². The Bertz CT molecular complexity index is 963. The Morgan fingerprint density at radius 3 is 2.77 bits per heavy atom. The van der Waals surface area contributed by atoms with Crippen molar-refractivity contribution in [3.63, 3.8) is 0 Å². The Balaban J connectivity index is 1.93. The highest BCUT2D eigenvalue weighted by Gasteiger charge is 2.22. The van der Waals surface area contributed by atoms with Crippen molar-refractivity contribution in [1.29, 1.82) is 0 Å². The lowest BCUT2D eigenvalue weighted by molar-refractivity contribution is 0.0933. The number of carbonyl (C=O) groups excluding carboxylic acids is 1. The average Bonchev–Trinajstić information content (AvgIpc) is 3.13. The number of carbonyl (C=O) groups is 1. The molecule has 0 spiro atoms. The second-order valence-electron chi connectivity index (χ2n) is 6.32. The van der Waals surface area contributed by atoms with Crippen molar-refractivity contribution in [2.75, 3.05) is 0 Å². The first-order valence-electron chi connectivity index (χ1n) is 8.37. The zero-order valence-corrected chi connectivity index (χ0v) is 15.8. The molecule has 0 saturated heterocycles. The van der Waals surface area contributed by atoms with Crippen LogP contribution in [0, 0.1) is 13.8 Å². The fourth-order valence-corrected chi connectivity index (χ4v) is 3.62. The van der Waals surface area contributed by atoms with Crippen LogP contribution < -0.4 is 10.9 Å². The van der Waals surface area contributed by atoms with E-state index < -0.39 is 0 Å². The van der Waals surface area contributed by atoms with Gasteiger partial charge in [0, 0.05) is 18.9 Å². The minimum Gasteiger partial charge on any atom is -0.343 e. The monoisotopic (exact) mass is 367 g/mol. The van der Waals surface area contributed by atoms with Crippen LogP contribution in [0.25, 0.3) is 0 Å². The van der Waals surface area contributed by atoms with Crippen LogP contribution in [0.3, 0.4) is 0 Å². The molecule has 0 radical (unpaired) electrons. The Labute approximate surface area is 156 Å². The first-order chi connectivity index (χ1) is 12.5. The van der Waals surface area contributed by atoms with Crippen LogP contribution in [0.2, 0.25) is 0 Å². The summed E-state index contributed by atoms with van der Waals surface area (Å²) in [6.45, 7) is 3.64. The van der Waals surface area contributed by atoms with E-state index in [4.69, 9.17) is 0 Å². The van der Waals surface area contributed by atoms with Gasteiger partial charge in [0.2, 0.25) is 0 Å². The number of amides is 1. The molecule has 3 aromatic rings. The largest absolute Gasteiger partial charge is 0.343 e. The molecule has 1 atom stereocenters. The first-order valence-corrected chi connectivity index (χ1v) is 9.31. The predicted octanol–water partition coefficient (Wildman–Crippen LogP) is 3.17. The number of thiophene rings is 1. The summed E-state index contributed by atoms with van der Waals surface area (Å²) in [5.41, 5.74) is 3.30. The second kappa shape index (κ2) is 7.66. The van der Waals surface area contributed by atoms with Crippen LogP contribution in [0.15, 0.2) is 52.1 Å². The lowest BCUT2D eigenvalue weighted by Gasteiger charge is -2.19. The number of rotatable bonds is 5. The lowest BCUT2D eigenvalue weighted by atomic mass is 10.0. The van der Waals surface area contributed by atoms with E-state index >= 15 is 0 Å². The molecule has 0 unspecified atom stereocenters. The number of aryl methyl sites for hydroxylation is 2. The van der Waals surface area contributed by atoms with Gasteiger partial charge in [-0.2, -0.15) is 11.3 Å². The maximum absolute atomic E-state index is 12.9. The smallest absolute Gasteiger partial charge is 0.263 e. The van der Waals surface area contributed by atoms with Crippen molar-refractivity contribution in [1.82, 2.24) is 14.9 Å². The highest BCUT2D eigenvalue weighted by Crippen LogP contribution is 2.19. The molecule has 3 heterocycles. The summed E-state index contributed by atoms with van der Waals surface area (Å²) < 4.78 is 1.50. The van der Waals surface area contributed by atoms with E-state index in [2.05, 4.69) is 15.7 Å². The summed E-state index contributed by atoms with van der Waals surface area (Å²) in [6, 6.07) is 9.20. The molecule has 26 heavy (non-hydrogen) atoms. The lowest BCUT2D eigenvalue weighted by Crippen LogP contribution is -2.37. The van der Waals surface area contributed by atoms with Gasteiger partial charge in [-0.25, -0.2) is 0 Å². The molecule has 0 aliphatic rings. The molecule has 6 heteroatoms. The summed E-state index contributed by atoms with van der Waals surface area (Å²) in [5.74, 6) is -0.367. The minimum absolute atomic E-state index is 0.185. The SMILES string of the molecule is Cc1cc(C)n(C)c(=O)c1C(=O)N[C@@H](Cc1ccsc1)c1ccccn1. The van der Waals surface area contributed by atoms with Gasteiger partial charge in [-0.05, 0) is 66.4 Å². The van der Waals surface area contributed by atoms with E-state index in [9.17, 15) is 9.59 Å². The van der Waals surface area contributed by atoms with E-state index in [1.165, 1.54) is 4.57 Å². The molecule has 0 aromatic carbocycles. The van der Waals surface area contributed by atoms with Crippen molar-refractivity contribution in [3.8, 4) is 0 Å². The minimum atomic E-state index is -0.367. The Hall–Kier alpha value is -2.73. The maximum atomic E-state index is 12.9. The fourth-order valence-electron chi connectivity index (χ4n) is 2.94. The van der Waals surface area contributed by atoms with Crippen LogP contribution in [-0.2, 0) is 13.5 Å². The Morgan fingerprint density at radius 1 is 1.31 bits per heavy atom. The van der Waals surface area contributed by atoms with E-state index in [1.54, 1.807) is 31.5 Å². The van der Waals surface area contributed by atoms with Crippen molar-refractivity contribution < 1.29 is 4.79 Å². The van der Waals surface area contributed by atoms with Gasteiger partial charge < -0.3 is 9.88 Å². The number of hydrogen-bond acceptors (Lipinski definition) is 4. The van der Waals surface area contributed by atoms with Crippen molar-refractivity contribution >= 4 is 17.2 Å². The highest BCUT2D eigenvalue weighted by atomic mass is 32.1. The molecule has 1 N–H and O–H groups in total. The number of nitrogens with zero attached hydrogens (tertiary/aromatic N) is 2. The number of pyridine rings is 2. The van der Waals surface area contributed by atoms with Gasteiger partial charge in [0.05, 0.1) is 11.7 Å². The summed E-state index contributed by atoms with van der Waals surface area (Å²) in [6.07, 6.45) is 2.33. The standard InChI is InChI=1S/C20H21N3O2S/c1-13-10-14(2)23(3)20(25)18(13)19(24)22-17(11-15-7-9-26-12-15)16-6-4-5-8-21-16/h4-10,12,17H,11H2,1-3H3,(H,22,24)/t17-/m0/s1. The molecule has 0 saturated carbocycles. The van der Waals surface area contributed by atoms with Crippen molar-refractivity contribution in [2.45, 2.75) is 26.3 Å². The molecule has 134 valence electrons. The van der Waals surface area contributed by atoms with E-state index in [0.717, 1.165) is 17.0 Å². The first kappa shape index (κ1) is 18.1. The van der Waals surface area contributed by atoms with Crippen LogP contribution in [0.1, 0.15) is 38.9 Å². The van der Waals surface area contributed by atoms with Gasteiger partial charge in [-0.15, -0.1) is 0 Å². The van der Waals surface area contributed by atoms with E-state index in [1.807, 2.05) is 42.6 Å². The third-order valence-electron chi connectivity index (χ3n) is 4.46. The molecule has 5 nitrogen and oxygen atoms in total. The molecule has 0 aliphatic heterocycles. The Morgan fingerprint density at radius 2 is 2.12 bits per heavy atom. The van der Waals surface area contributed by atoms with Gasteiger partial charge in [0.25, 0.3) is 11.5 Å². The second-order valence-corrected chi connectivity index (χ2v) is 7.10.